The maximum Gasteiger partial charge on any atom is 0.137 e. The molecular formula is C15H23N5O. The average molecular weight is 289 g/mol. The second-order valence-electron chi connectivity index (χ2n) is 5.82. The molecule has 6 nitrogen and oxygen atoms in total. The number of rotatable bonds is 5. The standard InChI is InChI=1S/C15H23N5O/c1-18-8-5-17-15(18)14(21)13-2-6-19(7-3-13)10-11-20-9-4-16-12-20/h4-5,8-9,12-14,21H,2-3,6-7,10-11H2,1H3. The van der Waals surface area contributed by atoms with Crippen molar-refractivity contribution in [3.05, 3.63) is 36.9 Å². The summed E-state index contributed by atoms with van der Waals surface area (Å²) in [6.45, 7) is 4.11. The van der Waals surface area contributed by atoms with Gasteiger partial charge in [-0.3, -0.25) is 0 Å². The number of aromatic nitrogens is 4. The third kappa shape index (κ3) is 3.33. The number of hydrogen-bond donors (Lipinski definition) is 1. The number of nitrogens with zero attached hydrogens (tertiary/aromatic N) is 5. The van der Waals surface area contributed by atoms with Gasteiger partial charge in [-0.1, -0.05) is 0 Å². The molecule has 1 aliphatic rings. The fourth-order valence-electron chi connectivity index (χ4n) is 3.04. The van der Waals surface area contributed by atoms with Crippen LogP contribution in [0.5, 0.6) is 0 Å². The predicted molar refractivity (Wildman–Crippen MR) is 79.6 cm³/mol. The zero-order valence-corrected chi connectivity index (χ0v) is 12.5. The lowest BCUT2D eigenvalue weighted by Crippen LogP contribution is -2.37. The van der Waals surface area contributed by atoms with E-state index in [4.69, 9.17) is 0 Å². The fourth-order valence-corrected chi connectivity index (χ4v) is 3.04. The second-order valence-corrected chi connectivity index (χ2v) is 5.82. The molecule has 3 heterocycles. The maximum absolute atomic E-state index is 10.5. The first-order chi connectivity index (χ1) is 10.2. The quantitative estimate of drug-likeness (QED) is 0.894. The number of piperidine rings is 1. The first-order valence-electron chi connectivity index (χ1n) is 7.57. The number of imidazole rings is 2. The summed E-state index contributed by atoms with van der Waals surface area (Å²) >= 11 is 0. The van der Waals surface area contributed by atoms with Crippen molar-refractivity contribution in [2.24, 2.45) is 13.0 Å². The van der Waals surface area contributed by atoms with Gasteiger partial charge in [-0.05, 0) is 31.8 Å². The van der Waals surface area contributed by atoms with E-state index in [1.54, 1.807) is 6.20 Å². The fraction of sp³-hybridized carbons (Fsp3) is 0.600. The van der Waals surface area contributed by atoms with E-state index >= 15 is 0 Å². The Morgan fingerprint density at radius 2 is 2.05 bits per heavy atom. The number of hydrogen-bond acceptors (Lipinski definition) is 4. The van der Waals surface area contributed by atoms with Gasteiger partial charge in [0, 0.05) is 44.9 Å². The number of aliphatic hydroxyl groups is 1. The van der Waals surface area contributed by atoms with E-state index in [0.717, 1.165) is 44.8 Å². The summed E-state index contributed by atoms with van der Waals surface area (Å²) in [5, 5.41) is 10.5. The molecular weight excluding hydrogens is 266 g/mol. The number of likely N-dealkylation sites (tertiary alicyclic amines) is 1. The van der Waals surface area contributed by atoms with Crippen molar-refractivity contribution >= 4 is 0 Å². The minimum atomic E-state index is -0.444. The van der Waals surface area contributed by atoms with Crippen LogP contribution in [0.15, 0.2) is 31.1 Å². The molecule has 0 aromatic carbocycles. The molecule has 0 amide bonds. The summed E-state index contributed by atoms with van der Waals surface area (Å²) < 4.78 is 4.02. The third-order valence-corrected chi connectivity index (χ3v) is 4.44. The molecule has 2 aromatic heterocycles. The van der Waals surface area contributed by atoms with E-state index in [1.165, 1.54) is 0 Å². The second kappa shape index (κ2) is 6.41. The van der Waals surface area contributed by atoms with Gasteiger partial charge in [0.1, 0.15) is 11.9 Å². The Labute approximate surface area is 125 Å². The van der Waals surface area contributed by atoms with E-state index < -0.39 is 6.10 Å². The lowest BCUT2D eigenvalue weighted by atomic mass is 9.91. The SMILES string of the molecule is Cn1ccnc1C(O)C1CCN(CCn2ccnc2)CC1. The Bertz CT molecular complexity index is 542. The van der Waals surface area contributed by atoms with Crippen molar-refractivity contribution in [1.82, 2.24) is 24.0 Å². The molecule has 21 heavy (non-hydrogen) atoms. The van der Waals surface area contributed by atoms with Crippen LogP contribution in [0, 0.1) is 5.92 Å². The van der Waals surface area contributed by atoms with Crippen molar-refractivity contribution in [2.45, 2.75) is 25.5 Å². The molecule has 1 fully saturated rings. The van der Waals surface area contributed by atoms with Crippen molar-refractivity contribution in [3.63, 3.8) is 0 Å². The van der Waals surface area contributed by atoms with E-state index in [9.17, 15) is 5.11 Å². The minimum absolute atomic E-state index is 0.315. The zero-order valence-electron chi connectivity index (χ0n) is 12.5. The monoisotopic (exact) mass is 289 g/mol. The lowest BCUT2D eigenvalue weighted by Gasteiger charge is -2.34. The summed E-state index contributed by atoms with van der Waals surface area (Å²) in [6, 6.07) is 0. The van der Waals surface area contributed by atoms with Crippen LogP contribution in [-0.2, 0) is 13.6 Å². The van der Waals surface area contributed by atoms with Crippen molar-refractivity contribution in [3.8, 4) is 0 Å². The number of aryl methyl sites for hydroxylation is 1. The smallest absolute Gasteiger partial charge is 0.137 e. The van der Waals surface area contributed by atoms with E-state index in [0.29, 0.717) is 5.92 Å². The Morgan fingerprint density at radius 3 is 2.67 bits per heavy atom. The first-order valence-corrected chi connectivity index (χ1v) is 7.57. The topological polar surface area (TPSA) is 59.1 Å². The normalized spacial score (nSPS) is 19.0. The summed E-state index contributed by atoms with van der Waals surface area (Å²) in [4.78, 5) is 10.8. The highest BCUT2D eigenvalue weighted by atomic mass is 16.3. The first kappa shape index (κ1) is 14.3. The zero-order chi connectivity index (χ0) is 14.7. The third-order valence-electron chi connectivity index (χ3n) is 4.44. The maximum atomic E-state index is 10.5. The van der Waals surface area contributed by atoms with Crippen LogP contribution in [-0.4, -0.2) is 48.7 Å². The highest BCUT2D eigenvalue weighted by Crippen LogP contribution is 2.29. The molecule has 0 aliphatic carbocycles. The van der Waals surface area contributed by atoms with Gasteiger partial charge in [0.05, 0.1) is 6.33 Å². The van der Waals surface area contributed by atoms with Crippen LogP contribution in [0.2, 0.25) is 0 Å². The van der Waals surface area contributed by atoms with Crippen LogP contribution in [0.3, 0.4) is 0 Å². The largest absolute Gasteiger partial charge is 0.385 e. The molecule has 6 heteroatoms. The molecule has 1 aliphatic heterocycles. The van der Waals surface area contributed by atoms with E-state index in [-0.39, 0.29) is 0 Å². The van der Waals surface area contributed by atoms with E-state index in [1.807, 2.05) is 36.5 Å². The van der Waals surface area contributed by atoms with Crippen LogP contribution >= 0.6 is 0 Å². The molecule has 1 atom stereocenters. The van der Waals surface area contributed by atoms with Gasteiger partial charge in [-0.15, -0.1) is 0 Å². The van der Waals surface area contributed by atoms with Crippen LogP contribution in [0.25, 0.3) is 0 Å². The molecule has 0 radical (unpaired) electrons. The van der Waals surface area contributed by atoms with Crippen molar-refractivity contribution in [2.75, 3.05) is 19.6 Å². The van der Waals surface area contributed by atoms with Gasteiger partial charge < -0.3 is 19.1 Å². The number of aliphatic hydroxyl groups excluding tert-OH is 1. The van der Waals surface area contributed by atoms with Crippen LogP contribution in [0.4, 0.5) is 0 Å². The Morgan fingerprint density at radius 1 is 1.24 bits per heavy atom. The lowest BCUT2D eigenvalue weighted by molar-refractivity contribution is 0.0503. The highest BCUT2D eigenvalue weighted by Gasteiger charge is 2.28. The molecule has 3 rings (SSSR count). The van der Waals surface area contributed by atoms with Gasteiger partial charge in [0.15, 0.2) is 0 Å². The predicted octanol–water partition coefficient (Wildman–Crippen LogP) is 1.06. The Kier molecular flexibility index (Phi) is 4.36. The van der Waals surface area contributed by atoms with Crippen LogP contribution < -0.4 is 0 Å². The van der Waals surface area contributed by atoms with Gasteiger partial charge in [-0.2, -0.15) is 0 Å². The molecule has 2 aromatic rings. The molecule has 114 valence electrons. The van der Waals surface area contributed by atoms with Gasteiger partial charge in [0.2, 0.25) is 0 Å². The van der Waals surface area contributed by atoms with Crippen molar-refractivity contribution in [1.29, 1.82) is 0 Å². The Hall–Kier alpha value is -1.66. The summed E-state index contributed by atoms with van der Waals surface area (Å²) in [6.07, 6.45) is 10.9. The molecule has 1 saturated heterocycles. The Balaban J connectivity index is 1.47. The summed E-state index contributed by atoms with van der Waals surface area (Å²) in [5.74, 6) is 1.10. The molecule has 0 bridgehead atoms. The summed E-state index contributed by atoms with van der Waals surface area (Å²) in [5.41, 5.74) is 0. The molecule has 0 spiro atoms. The van der Waals surface area contributed by atoms with Crippen LogP contribution in [0.1, 0.15) is 24.8 Å². The van der Waals surface area contributed by atoms with Gasteiger partial charge in [-0.25, -0.2) is 9.97 Å². The van der Waals surface area contributed by atoms with E-state index in [2.05, 4.69) is 19.4 Å². The molecule has 1 unspecified atom stereocenters. The average Bonchev–Trinajstić information content (AvgIpc) is 3.16. The van der Waals surface area contributed by atoms with Crippen molar-refractivity contribution < 1.29 is 5.11 Å². The minimum Gasteiger partial charge on any atom is -0.385 e. The van der Waals surface area contributed by atoms with Gasteiger partial charge >= 0.3 is 0 Å². The molecule has 1 N–H and O–H groups in total. The highest BCUT2D eigenvalue weighted by molar-refractivity contribution is 4.98. The van der Waals surface area contributed by atoms with Gasteiger partial charge in [0.25, 0.3) is 0 Å². The summed E-state index contributed by atoms with van der Waals surface area (Å²) in [7, 11) is 1.94. The molecule has 0 saturated carbocycles.